The van der Waals surface area contributed by atoms with E-state index < -0.39 is 88.9 Å². The third-order valence-corrected chi connectivity index (χ3v) is 10.5. The number of rotatable bonds is 5. The van der Waals surface area contributed by atoms with E-state index in [1.54, 1.807) is 33.8 Å². The predicted molar refractivity (Wildman–Crippen MR) is 171 cm³/mol. The number of phenolic OH excluding ortho intramolecular Hbond substituents is 1. The molecule has 6 aliphatic rings. The number of carbonyl (C=O) groups excluding carboxylic acids is 5. The van der Waals surface area contributed by atoms with Gasteiger partial charge in [0.05, 0.1) is 35.0 Å². The van der Waals surface area contributed by atoms with E-state index in [1.807, 2.05) is 0 Å². The molecule has 1 saturated heterocycles. The van der Waals surface area contributed by atoms with Crippen LogP contribution in [-0.2, 0) is 38.1 Å². The molecule has 0 bridgehead atoms. The van der Waals surface area contributed by atoms with Crippen LogP contribution in [0.4, 0.5) is 0 Å². The van der Waals surface area contributed by atoms with Gasteiger partial charge in [0.15, 0.2) is 47.1 Å². The zero-order chi connectivity index (χ0) is 35.9. The predicted octanol–water partition coefficient (Wildman–Crippen LogP) is 2.60. The number of carbonyl (C=O) groups is 5. The van der Waals surface area contributed by atoms with Gasteiger partial charge in [-0.25, -0.2) is 0 Å². The molecule has 10 atom stereocenters. The smallest absolute Gasteiger partial charge is 0.198 e. The van der Waals surface area contributed by atoms with Crippen LogP contribution in [0.1, 0.15) is 85.8 Å². The van der Waals surface area contributed by atoms with Gasteiger partial charge < -0.3 is 39.0 Å². The molecular weight excluding hydrogens is 652 g/mol. The number of benzene rings is 1. The highest BCUT2D eigenvalue weighted by Gasteiger charge is 2.67. The molecule has 50 heavy (non-hydrogen) atoms. The first kappa shape index (κ1) is 34.5. The van der Waals surface area contributed by atoms with Crippen molar-refractivity contribution in [1.82, 2.24) is 0 Å². The summed E-state index contributed by atoms with van der Waals surface area (Å²) in [5.74, 6) is -3.50. The zero-order valence-corrected chi connectivity index (χ0v) is 27.9. The van der Waals surface area contributed by atoms with Crippen molar-refractivity contribution < 1.29 is 63.0 Å². The highest BCUT2D eigenvalue weighted by atomic mass is 16.7. The van der Waals surface area contributed by atoms with Crippen molar-refractivity contribution in [2.24, 2.45) is 0 Å². The number of phenols is 1. The monoisotopic (exact) mass is 690 g/mol. The first-order chi connectivity index (χ1) is 23.5. The fourth-order valence-electron chi connectivity index (χ4n) is 7.83. The largest absolute Gasteiger partial charge is 0.507 e. The van der Waals surface area contributed by atoms with Gasteiger partial charge in [-0.2, -0.15) is 0 Å². The summed E-state index contributed by atoms with van der Waals surface area (Å²) in [4.78, 5) is 65.5. The summed E-state index contributed by atoms with van der Waals surface area (Å²) in [6, 6.07) is 2.82. The lowest BCUT2D eigenvalue weighted by atomic mass is 9.57. The molecule has 264 valence electrons. The minimum Gasteiger partial charge on any atom is -0.507 e. The van der Waals surface area contributed by atoms with Gasteiger partial charge in [-0.15, -0.1) is 0 Å². The Morgan fingerprint density at radius 2 is 1.50 bits per heavy atom. The zero-order valence-electron chi connectivity index (χ0n) is 27.9. The molecule has 0 amide bonds. The molecule has 0 unspecified atom stereocenters. The van der Waals surface area contributed by atoms with Crippen LogP contribution in [0.15, 0.2) is 59.7 Å². The molecule has 1 saturated carbocycles. The van der Waals surface area contributed by atoms with Gasteiger partial charge >= 0.3 is 0 Å². The standard InChI is InChI=1S/C37H38O13/c1-17-23(38)7-11-28(47-17)49-25-9-10-26(46-19(25)3)20-5-6-21-30(32(20)41)33(42)22-13-14-36(44)16-35(4,50-29-12-8-24(39)18(2)48-29)15-27(40)37(36,45)31(22)34(21)43/h5-8,11-14,17-19,25-26,28-29,41,44-45H,9-10,15-16H2,1-4H3/t17-,18-,19+,25-,26+,28-,29-,35-,36-,37-/m0/s1. The second-order valence-electron chi connectivity index (χ2n) is 14.1. The molecule has 0 aromatic heterocycles. The molecule has 0 spiro atoms. The van der Waals surface area contributed by atoms with Gasteiger partial charge in [0, 0.05) is 29.5 Å². The average Bonchev–Trinajstić information content (AvgIpc) is 3.05. The maximum Gasteiger partial charge on any atom is 0.198 e. The fourth-order valence-corrected chi connectivity index (χ4v) is 7.83. The number of fused-ring (bicyclic) bond motifs is 3. The molecule has 3 aliphatic heterocycles. The van der Waals surface area contributed by atoms with Gasteiger partial charge in [-0.05, 0) is 77.0 Å². The minimum atomic E-state index is -2.79. The van der Waals surface area contributed by atoms with E-state index in [1.165, 1.54) is 36.4 Å². The third-order valence-electron chi connectivity index (χ3n) is 10.5. The Morgan fingerprint density at radius 3 is 2.16 bits per heavy atom. The van der Waals surface area contributed by atoms with Crippen molar-refractivity contribution in [2.75, 3.05) is 0 Å². The third kappa shape index (κ3) is 5.39. The Balaban J connectivity index is 1.12. The maximum atomic E-state index is 14.1. The summed E-state index contributed by atoms with van der Waals surface area (Å²) < 4.78 is 29.4. The normalized spacial score (nSPS) is 39.8. The highest BCUT2D eigenvalue weighted by Crippen LogP contribution is 2.53. The molecule has 0 radical (unpaired) electrons. The number of aliphatic hydroxyl groups is 2. The number of hydrogen-bond acceptors (Lipinski definition) is 13. The number of hydrogen-bond donors (Lipinski definition) is 3. The quantitative estimate of drug-likeness (QED) is 0.409. The minimum absolute atomic E-state index is 0.151. The molecule has 3 aliphatic carbocycles. The van der Waals surface area contributed by atoms with Crippen molar-refractivity contribution in [3.63, 3.8) is 0 Å². The lowest BCUT2D eigenvalue weighted by Crippen LogP contribution is -2.69. The Morgan fingerprint density at radius 1 is 0.840 bits per heavy atom. The number of Topliss-reactive ketones (excluding diaryl/α,β-unsaturated/α-hetero) is 3. The van der Waals surface area contributed by atoms with E-state index >= 15 is 0 Å². The number of ketones is 5. The van der Waals surface area contributed by atoms with Gasteiger partial charge in [0.1, 0.15) is 23.6 Å². The van der Waals surface area contributed by atoms with Crippen LogP contribution >= 0.6 is 0 Å². The summed E-state index contributed by atoms with van der Waals surface area (Å²) in [7, 11) is 0. The lowest BCUT2D eigenvalue weighted by molar-refractivity contribution is -0.237. The van der Waals surface area contributed by atoms with Crippen molar-refractivity contribution in [2.45, 2.75) is 113 Å². The summed E-state index contributed by atoms with van der Waals surface area (Å²) >= 11 is 0. The second-order valence-corrected chi connectivity index (χ2v) is 14.1. The van der Waals surface area contributed by atoms with Crippen LogP contribution in [-0.4, -0.2) is 98.0 Å². The van der Waals surface area contributed by atoms with Crippen molar-refractivity contribution >= 4 is 28.9 Å². The fraction of sp³-hybridized carbons (Fsp3) is 0.486. The number of allylic oxidation sites excluding steroid dienone is 2. The first-order valence-corrected chi connectivity index (χ1v) is 16.7. The van der Waals surface area contributed by atoms with Crippen molar-refractivity contribution in [3.05, 3.63) is 76.4 Å². The van der Waals surface area contributed by atoms with E-state index in [0.717, 1.165) is 6.08 Å². The highest BCUT2D eigenvalue weighted by molar-refractivity contribution is 6.32. The van der Waals surface area contributed by atoms with Crippen LogP contribution in [0, 0.1) is 0 Å². The number of aromatic hydroxyl groups is 1. The summed E-state index contributed by atoms with van der Waals surface area (Å²) in [5, 5.41) is 35.3. The van der Waals surface area contributed by atoms with E-state index in [0.29, 0.717) is 12.8 Å². The van der Waals surface area contributed by atoms with Crippen LogP contribution < -0.4 is 0 Å². The molecule has 1 aromatic rings. The molecule has 13 nitrogen and oxygen atoms in total. The average molecular weight is 691 g/mol. The molecule has 3 heterocycles. The van der Waals surface area contributed by atoms with Crippen LogP contribution in [0.5, 0.6) is 5.75 Å². The first-order valence-electron chi connectivity index (χ1n) is 16.7. The molecule has 3 N–H and O–H groups in total. The van der Waals surface area contributed by atoms with Crippen molar-refractivity contribution in [3.8, 4) is 5.75 Å². The lowest BCUT2D eigenvalue weighted by Gasteiger charge is -2.53. The van der Waals surface area contributed by atoms with E-state index in [9.17, 15) is 39.3 Å². The van der Waals surface area contributed by atoms with Crippen LogP contribution in [0.3, 0.4) is 0 Å². The van der Waals surface area contributed by atoms with Gasteiger partial charge in [-0.1, -0.05) is 12.1 Å². The topological polar surface area (TPSA) is 192 Å². The van der Waals surface area contributed by atoms with Gasteiger partial charge in [0.25, 0.3) is 0 Å². The summed E-state index contributed by atoms with van der Waals surface area (Å²) in [6.45, 7) is 6.54. The van der Waals surface area contributed by atoms with Crippen LogP contribution in [0.25, 0.3) is 0 Å². The molecule has 7 rings (SSSR count). The summed E-state index contributed by atoms with van der Waals surface area (Å²) in [6.07, 6.45) is 3.40. The summed E-state index contributed by atoms with van der Waals surface area (Å²) in [5.41, 5.74) is -7.64. The van der Waals surface area contributed by atoms with Gasteiger partial charge in [-0.3, -0.25) is 24.0 Å². The van der Waals surface area contributed by atoms with Gasteiger partial charge in [0.2, 0.25) is 0 Å². The Bertz CT molecular complexity index is 1840. The Hall–Kier alpha value is -3.95. The Labute approximate surface area is 287 Å². The van der Waals surface area contributed by atoms with E-state index in [2.05, 4.69) is 0 Å². The second kappa shape index (κ2) is 12.1. The SMILES string of the molecule is C[C@@H]1O[C@@H](O[C@H]2CC[C@H](c3ccc4c(c3O)C(=O)C3=C(C4=O)[C@@]4(O)C(=O)C[C@](C)(O[C@H]5C=CC(=O)[C@H](C)O5)C[C@@]4(O)C=C3)O[C@@H]2C)C=CC1=O. The van der Waals surface area contributed by atoms with Crippen LogP contribution in [0.2, 0.25) is 0 Å². The molecule has 2 fully saturated rings. The molecule has 1 aromatic carbocycles. The molecular formula is C37H38O13. The number of ether oxygens (including phenoxy) is 5. The maximum absolute atomic E-state index is 14.1. The molecule has 13 heteroatoms. The Kier molecular flexibility index (Phi) is 8.34. The van der Waals surface area contributed by atoms with Crippen molar-refractivity contribution in [1.29, 1.82) is 0 Å². The van der Waals surface area contributed by atoms with E-state index in [4.69, 9.17) is 23.7 Å². The van der Waals surface area contributed by atoms with E-state index in [-0.39, 0.29) is 46.4 Å².